The third kappa shape index (κ3) is 6.22. The molecule has 0 aliphatic carbocycles. The third-order valence-corrected chi connectivity index (χ3v) is 3.30. The van der Waals surface area contributed by atoms with E-state index in [1.807, 2.05) is 4.74 Å². The van der Waals surface area contributed by atoms with Gasteiger partial charge < -0.3 is 9.29 Å². The molecule has 0 radical (unpaired) electrons. The average molecular weight is 484 g/mol. The molecule has 5 nitrogen and oxygen atoms in total. The van der Waals surface area contributed by atoms with Gasteiger partial charge in [-0.25, -0.2) is 12.8 Å². The van der Waals surface area contributed by atoms with Crippen molar-refractivity contribution in [1.82, 2.24) is 0 Å². The number of hydrogen-bond donors (Lipinski definition) is 0. The van der Waals surface area contributed by atoms with Gasteiger partial charge in [0, 0.05) is 0 Å². The van der Waals surface area contributed by atoms with E-state index in [4.69, 9.17) is 0 Å². The molecule has 0 aliphatic heterocycles. The Hall–Kier alpha value is -0.553. The maximum atomic E-state index is 12.9. The van der Waals surface area contributed by atoms with Gasteiger partial charge in [0.1, 0.15) is 6.61 Å². The normalized spacial score (nSPS) is 16.4. The van der Waals surface area contributed by atoms with Crippen LogP contribution in [0.3, 0.4) is 0 Å². The van der Waals surface area contributed by atoms with E-state index in [0.29, 0.717) is 0 Å². The van der Waals surface area contributed by atoms with E-state index in [1.165, 1.54) is 0 Å². The molecule has 29 heavy (non-hydrogen) atoms. The largest absolute Gasteiger partial charge is 1.00 e. The molecule has 0 rings (SSSR count). The maximum absolute atomic E-state index is 12.9. The minimum Gasteiger partial charge on any atom is -0.743 e. The van der Waals surface area contributed by atoms with Gasteiger partial charge >= 0.3 is 54.4 Å². The molecular weight excluding hydrogens is 481 g/mol. The molecule has 0 saturated heterocycles. The van der Waals surface area contributed by atoms with E-state index in [9.17, 15) is 74.4 Å². The molecule has 0 saturated carbocycles. The molecule has 1 unspecified atom stereocenters. The fourth-order valence-electron chi connectivity index (χ4n) is 0.963. The standard InChI is InChI=1S/C8H4F14O5S.Li/c9-2(27-7(19,20)8(21,22)28(23,24)25)4(12,13)26-1-3(10,11)5(14,15)6(16,17)18;/h2H,1H2,(H,23,24,25);/q;+1/p-1. The van der Waals surface area contributed by atoms with Crippen molar-refractivity contribution in [1.29, 1.82) is 0 Å². The monoisotopic (exact) mass is 484 g/mol. The predicted octanol–water partition coefficient (Wildman–Crippen LogP) is 0.476. The molecule has 0 aromatic carbocycles. The predicted molar refractivity (Wildman–Crippen MR) is 52.4 cm³/mol. The minimum atomic E-state index is -7.38. The van der Waals surface area contributed by atoms with Crippen LogP contribution in [0.2, 0.25) is 0 Å². The van der Waals surface area contributed by atoms with Crippen molar-refractivity contribution in [2.24, 2.45) is 0 Å². The van der Waals surface area contributed by atoms with E-state index in [0.717, 1.165) is 0 Å². The topological polar surface area (TPSA) is 75.7 Å². The van der Waals surface area contributed by atoms with Crippen molar-refractivity contribution >= 4 is 10.1 Å². The number of hydrogen-bond acceptors (Lipinski definition) is 5. The van der Waals surface area contributed by atoms with Gasteiger partial charge in [0.05, 0.1) is 0 Å². The molecule has 0 bridgehead atoms. The first-order valence-electron chi connectivity index (χ1n) is 5.70. The summed E-state index contributed by atoms with van der Waals surface area (Å²) in [7, 11) is -7.38. The van der Waals surface area contributed by atoms with Crippen LogP contribution in [-0.2, 0) is 19.6 Å². The minimum absolute atomic E-state index is 0. The Balaban J connectivity index is 0. The van der Waals surface area contributed by atoms with Crippen molar-refractivity contribution in [2.45, 2.75) is 41.9 Å². The van der Waals surface area contributed by atoms with Gasteiger partial charge in [0.25, 0.3) is 6.36 Å². The fourth-order valence-corrected chi connectivity index (χ4v) is 1.30. The molecular formula is C8H3F14LiO5S. The Morgan fingerprint density at radius 1 is 0.828 bits per heavy atom. The third-order valence-electron chi connectivity index (χ3n) is 2.43. The van der Waals surface area contributed by atoms with Gasteiger partial charge in [-0.05, 0) is 0 Å². The van der Waals surface area contributed by atoms with Gasteiger partial charge in [0.2, 0.25) is 0 Å². The van der Waals surface area contributed by atoms with Gasteiger partial charge in [0.15, 0.2) is 10.1 Å². The van der Waals surface area contributed by atoms with Gasteiger partial charge in [-0.15, -0.1) is 0 Å². The van der Waals surface area contributed by atoms with E-state index in [2.05, 4.69) is 4.74 Å². The Kier molecular flexibility index (Phi) is 9.01. The van der Waals surface area contributed by atoms with Crippen molar-refractivity contribution in [2.75, 3.05) is 6.61 Å². The summed E-state index contributed by atoms with van der Waals surface area (Å²) in [5.74, 6) is -13.6. The Morgan fingerprint density at radius 2 is 1.21 bits per heavy atom. The quantitative estimate of drug-likeness (QED) is 0.271. The molecule has 170 valence electrons. The second kappa shape index (κ2) is 8.53. The van der Waals surface area contributed by atoms with E-state index in [1.54, 1.807) is 0 Å². The van der Waals surface area contributed by atoms with Crippen LogP contribution in [0.15, 0.2) is 0 Å². The van der Waals surface area contributed by atoms with E-state index in [-0.39, 0.29) is 18.9 Å². The Labute approximate surface area is 162 Å². The molecule has 21 heteroatoms. The van der Waals surface area contributed by atoms with Crippen LogP contribution in [0.1, 0.15) is 0 Å². The van der Waals surface area contributed by atoms with Crippen molar-refractivity contribution in [3.63, 3.8) is 0 Å². The van der Waals surface area contributed by atoms with Gasteiger partial charge in [-0.2, -0.15) is 57.1 Å². The van der Waals surface area contributed by atoms with E-state index >= 15 is 0 Å². The summed E-state index contributed by atoms with van der Waals surface area (Å²) in [5, 5.41) is -6.90. The zero-order chi connectivity index (χ0) is 23.2. The fraction of sp³-hybridized carbons (Fsp3) is 1.00. The first kappa shape index (κ1) is 30.6. The number of alkyl halides is 14. The molecule has 0 fully saturated rings. The summed E-state index contributed by atoms with van der Waals surface area (Å²) in [6.07, 6.45) is -25.6. The van der Waals surface area contributed by atoms with Crippen molar-refractivity contribution in [3.05, 3.63) is 0 Å². The summed E-state index contributed by atoms with van der Waals surface area (Å²) in [5.41, 5.74) is 0. The number of halogens is 14. The first-order valence-corrected chi connectivity index (χ1v) is 7.11. The van der Waals surface area contributed by atoms with Crippen LogP contribution in [0, 0.1) is 0 Å². The Morgan fingerprint density at radius 3 is 1.52 bits per heavy atom. The molecule has 0 aromatic rings. The van der Waals surface area contributed by atoms with Crippen LogP contribution in [0.5, 0.6) is 0 Å². The Bertz CT molecular complexity index is 661. The molecule has 0 amide bonds. The SMILES string of the molecule is O=S(=O)([O-])C(F)(F)C(F)(F)OC(F)C(F)(F)OCC(F)(F)C(F)(F)C(F)(F)F.[Li+]. The summed E-state index contributed by atoms with van der Waals surface area (Å²) >= 11 is 0. The van der Waals surface area contributed by atoms with Crippen molar-refractivity contribution < 1.29 is 103 Å². The van der Waals surface area contributed by atoms with Crippen molar-refractivity contribution in [3.8, 4) is 0 Å². The molecule has 1 atom stereocenters. The van der Waals surface area contributed by atoms with Gasteiger partial charge in [-0.3, -0.25) is 4.74 Å². The molecule has 0 aliphatic rings. The first-order chi connectivity index (χ1) is 11.8. The average Bonchev–Trinajstić information content (AvgIpc) is 2.42. The summed E-state index contributed by atoms with van der Waals surface area (Å²) in [4.78, 5) is 0. The number of ether oxygens (including phenoxy) is 2. The summed E-state index contributed by atoms with van der Waals surface area (Å²) in [6.45, 7) is -3.70. The second-order valence-electron chi connectivity index (χ2n) is 4.55. The smallest absolute Gasteiger partial charge is 0.743 e. The van der Waals surface area contributed by atoms with Crippen LogP contribution < -0.4 is 18.9 Å². The molecule has 0 heterocycles. The van der Waals surface area contributed by atoms with E-state index < -0.39 is 58.6 Å². The summed E-state index contributed by atoms with van der Waals surface area (Å²) in [6, 6.07) is 0. The summed E-state index contributed by atoms with van der Waals surface area (Å²) < 4.78 is 208. The maximum Gasteiger partial charge on any atom is 1.00 e. The van der Waals surface area contributed by atoms with Gasteiger partial charge in [-0.1, -0.05) is 0 Å². The zero-order valence-electron chi connectivity index (χ0n) is 13.0. The van der Waals surface area contributed by atoms with Crippen LogP contribution in [0.25, 0.3) is 0 Å². The number of rotatable bonds is 9. The zero-order valence-corrected chi connectivity index (χ0v) is 13.8. The van der Waals surface area contributed by atoms with Crippen LogP contribution >= 0.6 is 0 Å². The van der Waals surface area contributed by atoms with Crippen LogP contribution in [0.4, 0.5) is 61.5 Å². The molecule has 0 spiro atoms. The second-order valence-corrected chi connectivity index (χ2v) is 5.97. The van der Waals surface area contributed by atoms with Crippen LogP contribution in [-0.4, -0.2) is 61.4 Å². The molecule has 0 N–H and O–H groups in total. The molecule has 0 aromatic heterocycles.